The molecule has 0 fully saturated rings. The van der Waals surface area contributed by atoms with E-state index in [9.17, 15) is 4.79 Å². The molecular formula is C9H18O. The van der Waals surface area contributed by atoms with Crippen LogP contribution in [0.1, 0.15) is 46.5 Å². The van der Waals surface area contributed by atoms with Gasteiger partial charge in [0.15, 0.2) is 0 Å². The highest BCUT2D eigenvalue weighted by Gasteiger charge is 2.02. The van der Waals surface area contributed by atoms with Gasteiger partial charge in [0, 0.05) is 12.8 Å². The van der Waals surface area contributed by atoms with E-state index in [0.29, 0.717) is 12.2 Å². The van der Waals surface area contributed by atoms with E-state index in [1.165, 1.54) is 6.42 Å². The van der Waals surface area contributed by atoms with Gasteiger partial charge in [0.1, 0.15) is 5.78 Å². The van der Waals surface area contributed by atoms with Crippen molar-refractivity contribution in [2.45, 2.75) is 46.5 Å². The molecular weight excluding hydrogens is 124 g/mol. The first-order chi connectivity index (χ1) is 4.70. The molecule has 1 nitrogen and oxygen atoms in total. The average molecular weight is 142 g/mol. The summed E-state index contributed by atoms with van der Waals surface area (Å²) in [6.45, 7) is 6.29. The van der Waals surface area contributed by atoms with Crippen molar-refractivity contribution in [2.24, 2.45) is 5.92 Å². The van der Waals surface area contributed by atoms with Crippen LogP contribution in [0.15, 0.2) is 0 Å². The largest absolute Gasteiger partial charge is 0.300 e. The molecule has 0 saturated carbocycles. The van der Waals surface area contributed by atoms with Crippen molar-refractivity contribution >= 4 is 5.78 Å². The van der Waals surface area contributed by atoms with Crippen LogP contribution in [-0.2, 0) is 4.79 Å². The Morgan fingerprint density at radius 2 is 2.00 bits per heavy atom. The third-order valence-electron chi connectivity index (χ3n) is 2.01. The summed E-state index contributed by atoms with van der Waals surface area (Å²) in [6.07, 6.45) is 3.75. The monoisotopic (exact) mass is 142 g/mol. The predicted octanol–water partition coefficient (Wildman–Crippen LogP) is 2.79. The van der Waals surface area contributed by atoms with Crippen molar-refractivity contribution in [1.29, 1.82) is 0 Å². The van der Waals surface area contributed by atoms with E-state index in [4.69, 9.17) is 0 Å². The van der Waals surface area contributed by atoms with Crippen LogP contribution in [0, 0.1) is 5.92 Å². The zero-order valence-electron chi connectivity index (χ0n) is 7.31. The van der Waals surface area contributed by atoms with Crippen molar-refractivity contribution in [1.82, 2.24) is 0 Å². The summed E-state index contributed by atoms with van der Waals surface area (Å²) in [7, 11) is 0. The average Bonchev–Trinajstić information content (AvgIpc) is 1.99. The highest BCUT2D eigenvalue weighted by atomic mass is 16.1. The molecule has 1 atom stereocenters. The van der Waals surface area contributed by atoms with Crippen LogP contribution in [0.4, 0.5) is 0 Å². The van der Waals surface area contributed by atoms with E-state index in [1.807, 2.05) is 6.92 Å². The number of hydrogen-bond donors (Lipinski definition) is 0. The summed E-state index contributed by atoms with van der Waals surface area (Å²) >= 11 is 0. The molecule has 0 bridgehead atoms. The minimum Gasteiger partial charge on any atom is -0.300 e. The summed E-state index contributed by atoms with van der Waals surface area (Å²) in [5.41, 5.74) is 0. The molecule has 0 heterocycles. The molecule has 0 aliphatic rings. The molecule has 0 saturated heterocycles. The zero-order chi connectivity index (χ0) is 7.98. The third-order valence-corrected chi connectivity index (χ3v) is 2.01. The van der Waals surface area contributed by atoms with Crippen LogP contribution in [-0.4, -0.2) is 5.78 Å². The summed E-state index contributed by atoms with van der Waals surface area (Å²) < 4.78 is 0. The highest BCUT2D eigenvalue weighted by Crippen LogP contribution is 2.09. The number of hydrogen-bond acceptors (Lipinski definition) is 1. The second-order valence-electron chi connectivity index (χ2n) is 2.94. The van der Waals surface area contributed by atoms with E-state index < -0.39 is 0 Å². The van der Waals surface area contributed by atoms with Crippen LogP contribution in [0.2, 0.25) is 0 Å². The Morgan fingerprint density at radius 1 is 1.40 bits per heavy atom. The van der Waals surface area contributed by atoms with Gasteiger partial charge in [-0.25, -0.2) is 0 Å². The van der Waals surface area contributed by atoms with Gasteiger partial charge in [-0.05, 0) is 12.3 Å². The van der Waals surface area contributed by atoms with Gasteiger partial charge in [0.25, 0.3) is 0 Å². The first kappa shape index (κ1) is 9.67. The fourth-order valence-corrected chi connectivity index (χ4v) is 0.788. The highest BCUT2D eigenvalue weighted by molar-refractivity contribution is 5.77. The Labute approximate surface area is 63.8 Å². The lowest BCUT2D eigenvalue weighted by atomic mass is 10.0. The molecule has 0 rings (SSSR count). The van der Waals surface area contributed by atoms with Crippen molar-refractivity contribution in [2.75, 3.05) is 0 Å². The molecule has 0 spiro atoms. The molecule has 0 N–H and O–H groups in total. The van der Waals surface area contributed by atoms with Crippen LogP contribution >= 0.6 is 0 Å². The molecule has 10 heavy (non-hydrogen) atoms. The van der Waals surface area contributed by atoms with Gasteiger partial charge in [0.05, 0.1) is 0 Å². The van der Waals surface area contributed by atoms with Crippen molar-refractivity contribution < 1.29 is 4.79 Å². The van der Waals surface area contributed by atoms with E-state index in [0.717, 1.165) is 18.8 Å². The molecule has 60 valence electrons. The third kappa shape index (κ3) is 4.54. The first-order valence-electron chi connectivity index (χ1n) is 4.22. The van der Waals surface area contributed by atoms with Gasteiger partial charge in [0.2, 0.25) is 0 Å². The quantitative estimate of drug-likeness (QED) is 0.577. The fraction of sp³-hybridized carbons (Fsp3) is 0.889. The van der Waals surface area contributed by atoms with Gasteiger partial charge in [-0.2, -0.15) is 0 Å². The summed E-state index contributed by atoms with van der Waals surface area (Å²) in [4.78, 5) is 10.8. The number of carbonyl (C=O) groups excluding carboxylic acids is 1. The van der Waals surface area contributed by atoms with Gasteiger partial charge in [-0.15, -0.1) is 0 Å². The first-order valence-corrected chi connectivity index (χ1v) is 4.22. The van der Waals surface area contributed by atoms with Crippen LogP contribution in [0.25, 0.3) is 0 Å². The van der Waals surface area contributed by atoms with Gasteiger partial charge in [-0.1, -0.05) is 27.2 Å². The Kier molecular flexibility index (Phi) is 5.27. The van der Waals surface area contributed by atoms with Crippen LogP contribution in [0.5, 0.6) is 0 Å². The fourth-order valence-electron chi connectivity index (χ4n) is 0.788. The SMILES string of the molecule is CCC(=O)CC[C@@H](C)CC. The minimum absolute atomic E-state index is 0.403. The van der Waals surface area contributed by atoms with Crippen molar-refractivity contribution in [3.05, 3.63) is 0 Å². The lowest BCUT2D eigenvalue weighted by Crippen LogP contribution is -1.99. The number of carbonyl (C=O) groups is 1. The lowest BCUT2D eigenvalue weighted by molar-refractivity contribution is -0.119. The predicted molar refractivity (Wildman–Crippen MR) is 44.0 cm³/mol. The van der Waals surface area contributed by atoms with E-state index in [1.54, 1.807) is 0 Å². The number of rotatable bonds is 5. The second-order valence-corrected chi connectivity index (χ2v) is 2.94. The van der Waals surface area contributed by atoms with Crippen molar-refractivity contribution in [3.63, 3.8) is 0 Å². The number of ketones is 1. The van der Waals surface area contributed by atoms with Gasteiger partial charge < -0.3 is 0 Å². The molecule has 0 unspecified atom stereocenters. The zero-order valence-corrected chi connectivity index (χ0v) is 7.31. The molecule has 0 aromatic rings. The lowest BCUT2D eigenvalue weighted by Gasteiger charge is -2.05. The van der Waals surface area contributed by atoms with E-state index in [-0.39, 0.29) is 0 Å². The maximum atomic E-state index is 10.8. The molecule has 0 amide bonds. The number of Topliss-reactive ketones (excluding diaryl/α,β-unsaturated/α-hetero) is 1. The summed E-state index contributed by atoms with van der Waals surface area (Å²) in [5.74, 6) is 1.12. The maximum absolute atomic E-state index is 10.8. The minimum atomic E-state index is 0.403. The Bertz CT molecular complexity index is 96.9. The van der Waals surface area contributed by atoms with E-state index in [2.05, 4.69) is 13.8 Å². The molecule has 0 aliphatic heterocycles. The molecule has 0 aromatic carbocycles. The smallest absolute Gasteiger partial charge is 0.132 e. The summed E-state index contributed by atoms with van der Waals surface area (Å²) in [6, 6.07) is 0. The molecule has 0 aliphatic carbocycles. The maximum Gasteiger partial charge on any atom is 0.132 e. The van der Waals surface area contributed by atoms with Gasteiger partial charge in [-0.3, -0.25) is 4.79 Å². The van der Waals surface area contributed by atoms with Crippen molar-refractivity contribution in [3.8, 4) is 0 Å². The Hall–Kier alpha value is -0.330. The van der Waals surface area contributed by atoms with Gasteiger partial charge >= 0.3 is 0 Å². The molecule has 0 aromatic heterocycles. The standard InChI is InChI=1S/C9H18O/c1-4-8(3)6-7-9(10)5-2/h8H,4-7H2,1-3H3/t8-/m0/s1. The summed E-state index contributed by atoms with van der Waals surface area (Å²) in [5, 5.41) is 0. The Balaban J connectivity index is 3.26. The van der Waals surface area contributed by atoms with Crippen LogP contribution < -0.4 is 0 Å². The van der Waals surface area contributed by atoms with E-state index >= 15 is 0 Å². The Morgan fingerprint density at radius 3 is 2.40 bits per heavy atom. The molecule has 0 radical (unpaired) electrons. The second kappa shape index (κ2) is 5.45. The topological polar surface area (TPSA) is 17.1 Å². The van der Waals surface area contributed by atoms with Crippen LogP contribution in [0.3, 0.4) is 0 Å². The molecule has 1 heteroatoms. The normalized spacial score (nSPS) is 13.1.